The van der Waals surface area contributed by atoms with E-state index in [1.165, 1.54) is 6.07 Å². The molecule has 7 N–H and O–H groups in total. The van der Waals surface area contributed by atoms with Crippen molar-refractivity contribution in [2.75, 3.05) is 11.5 Å². The van der Waals surface area contributed by atoms with Gasteiger partial charge in [0.05, 0.1) is 5.69 Å². The first kappa shape index (κ1) is 12.5. The van der Waals surface area contributed by atoms with Crippen molar-refractivity contribution in [1.29, 1.82) is 0 Å². The third kappa shape index (κ3) is 7.16. The van der Waals surface area contributed by atoms with E-state index in [4.69, 9.17) is 34.1 Å². The van der Waals surface area contributed by atoms with E-state index in [0.29, 0.717) is 11.4 Å². The van der Waals surface area contributed by atoms with Crippen LogP contribution in [-0.2, 0) is 10.4 Å². The van der Waals surface area contributed by atoms with E-state index in [9.17, 15) is 0 Å². The number of nitrogens with two attached hydrogens (primary N) is 2. The highest BCUT2D eigenvalue weighted by molar-refractivity contribution is 7.79. The van der Waals surface area contributed by atoms with Gasteiger partial charge in [0, 0.05) is 11.8 Å². The molecule has 1 aromatic carbocycles. The van der Waals surface area contributed by atoms with E-state index in [1.54, 1.807) is 12.1 Å². The van der Waals surface area contributed by atoms with Gasteiger partial charge in [0.25, 0.3) is 0 Å². The molecule has 0 atom stereocenters. The Morgan fingerprint density at radius 2 is 1.57 bits per heavy atom. The summed E-state index contributed by atoms with van der Waals surface area (Å²) in [6, 6.07) is 4.61. The lowest BCUT2D eigenvalue weighted by Crippen LogP contribution is -1.89. The van der Waals surface area contributed by atoms with Crippen LogP contribution in [0, 0.1) is 0 Å². The molecule has 1 rings (SSSR count). The zero-order chi connectivity index (χ0) is 11.4. The minimum absolute atomic E-state index is 0.0370. The van der Waals surface area contributed by atoms with E-state index in [2.05, 4.69) is 0 Å². The molecule has 0 saturated carbocycles. The fourth-order valence-electron chi connectivity index (χ4n) is 0.561. The van der Waals surface area contributed by atoms with Crippen LogP contribution in [0.3, 0.4) is 0 Å². The van der Waals surface area contributed by atoms with Crippen LogP contribution in [-0.4, -0.2) is 22.6 Å². The van der Waals surface area contributed by atoms with Crippen molar-refractivity contribution in [1.82, 2.24) is 0 Å². The van der Waals surface area contributed by atoms with Crippen LogP contribution < -0.4 is 11.5 Å². The maximum absolute atomic E-state index is 8.90. The molecule has 0 aliphatic carbocycles. The van der Waals surface area contributed by atoms with Crippen LogP contribution in [0.5, 0.6) is 5.75 Å². The number of benzene rings is 1. The topological polar surface area (TPSA) is 147 Å². The molecule has 0 spiro atoms. The number of phenols is 1. The standard InChI is InChI=1S/C6H8N2O.H2O4S/c7-4-1-2-5(8)6(9)3-4;1-5(2,3)4/h1-3,9H,7-8H2;(H2,1,2,3,4). The SMILES string of the molecule is Nc1ccc(N)c(O)c1.O=S(=O)(O)O. The summed E-state index contributed by atoms with van der Waals surface area (Å²) in [4.78, 5) is 0. The summed E-state index contributed by atoms with van der Waals surface area (Å²) in [7, 11) is -4.67. The highest BCUT2D eigenvalue weighted by Crippen LogP contribution is 2.21. The lowest BCUT2D eigenvalue weighted by Gasteiger charge is -1.97. The first-order chi connectivity index (χ1) is 6.20. The lowest BCUT2D eigenvalue weighted by molar-refractivity contribution is 0.381. The molecule has 0 bridgehead atoms. The number of rotatable bonds is 0. The largest absolute Gasteiger partial charge is 0.506 e. The van der Waals surface area contributed by atoms with Gasteiger partial charge in [-0.15, -0.1) is 0 Å². The molecule has 80 valence electrons. The van der Waals surface area contributed by atoms with Crippen molar-refractivity contribution >= 4 is 21.8 Å². The third-order valence-electron chi connectivity index (χ3n) is 1.05. The molecule has 0 aliphatic rings. The fourth-order valence-corrected chi connectivity index (χ4v) is 0.561. The quantitative estimate of drug-likeness (QED) is 0.234. The normalized spacial score (nSPS) is 10.1. The van der Waals surface area contributed by atoms with Gasteiger partial charge in [-0.05, 0) is 12.1 Å². The van der Waals surface area contributed by atoms with E-state index in [0.717, 1.165) is 0 Å². The molecule has 0 unspecified atom stereocenters. The maximum Gasteiger partial charge on any atom is 0.394 e. The molecule has 8 heteroatoms. The summed E-state index contributed by atoms with van der Waals surface area (Å²) < 4.78 is 31.6. The Morgan fingerprint density at radius 1 is 1.14 bits per heavy atom. The summed E-state index contributed by atoms with van der Waals surface area (Å²) in [6.45, 7) is 0. The van der Waals surface area contributed by atoms with Crippen LogP contribution in [0.15, 0.2) is 18.2 Å². The van der Waals surface area contributed by atoms with Gasteiger partial charge in [0.15, 0.2) is 0 Å². The summed E-state index contributed by atoms with van der Waals surface area (Å²) >= 11 is 0. The average Bonchev–Trinajstić information content (AvgIpc) is 1.94. The molecule has 0 amide bonds. The number of hydrogen-bond donors (Lipinski definition) is 5. The highest BCUT2D eigenvalue weighted by atomic mass is 32.3. The van der Waals surface area contributed by atoms with Crippen molar-refractivity contribution in [3.8, 4) is 5.75 Å². The van der Waals surface area contributed by atoms with Crippen LogP contribution in [0.1, 0.15) is 0 Å². The molecule has 0 aliphatic heterocycles. The second kappa shape index (κ2) is 4.65. The molecule has 0 radical (unpaired) electrons. The van der Waals surface area contributed by atoms with Crippen molar-refractivity contribution < 1.29 is 22.6 Å². The molecule has 0 heterocycles. The predicted octanol–water partition coefficient (Wildman–Crippen LogP) is -0.0962. The molecule has 1 aromatic rings. The fraction of sp³-hybridized carbons (Fsp3) is 0. The van der Waals surface area contributed by atoms with Crippen molar-refractivity contribution in [2.45, 2.75) is 0 Å². The Kier molecular flexibility index (Phi) is 4.15. The number of nitrogen functional groups attached to an aromatic ring is 2. The Balaban J connectivity index is 0.000000292. The van der Waals surface area contributed by atoms with Gasteiger partial charge >= 0.3 is 10.4 Å². The minimum Gasteiger partial charge on any atom is -0.506 e. The smallest absolute Gasteiger partial charge is 0.394 e. The minimum atomic E-state index is -4.67. The van der Waals surface area contributed by atoms with Gasteiger partial charge < -0.3 is 16.6 Å². The molecule has 14 heavy (non-hydrogen) atoms. The Bertz CT molecular complexity index is 395. The second-order valence-corrected chi connectivity index (χ2v) is 3.16. The van der Waals surface area contributed by atoms with E-state index < -0.39 is 10.4 Å². The summed E-state index contributed by atoms with van der Waals surface area (Å²) in [5, 5.41) is 8.90. The Hall–Kier alpha value is -1.51. The van der Waals surface area contributed by atoms with Crippen LogP contribution in [0.4, 0.5) is 11.4 Å². The number of anilines is 2. The highest BCUT2D eigenvalue weighted by Gasteiger charge is 1.93. The molecule has 0 saturated heterocycles. The van der Waals surface area contributed by atoms with E-state index in [1.807, 2.05) is 0 Å². The number of aromatic hydroxyl groups is 1. The van der Waals surface area contributed by atoms with Crippen molar-refractivity contribution in [3.63, 3.8) is 0 Å². The number of phenolic OH excluding ortho intramolecular Hbond substituents is 1. The predicted molar refractivity (Wildman–Crippen MR) is 51.1 cm³/mol. The zero-order valence-corrected chi connectivity index (χ0v) is 7.77. The van der Waals surface area contributed by atoms with Crippen LogP contribution >= 0.6 is 0 Å². The van der Waals surface area contributed by atoms with Gasteiger partial charge in [-0.25, -0.2) is 0 Å². The average molecular weight is 222 g/mol. The third-order valence-corrected chi connectivity index (χ3v) is 1.05. The summed E-state index contributed by atoms with van der Waals surface area (Å²) in [6.07, 6.45) is 0. The molecular weight excluding hydrogens is 212 g/mol. The van der Waals surface area contributed by atoms with Crippen LogP contribution in [0.2, 0.25) is 0 Å². The van der Waals surface area contributed by atoms with Crippen LogP contribution in [0.25, 0.3) is 0 Å². The number of hydrogen-bond acceptors (Lipinski definition) is 5. The second-order valence-electron chi connectivity index (χ2n) is 2.27. The Morgan fingerprint density at radius 3 is 1.86 bits per heavy atom. The Labute approximate surface area is 80.5 Å². The first-order valence-electron chi connectivity index (χ1n) is 3.24. The van der Waals surface area contributed by atoms with Gasteiger partial charge in [0.2, 0.25) is 0 Å². The van der Waals surface area contributed by atoms with E-state index >= 15 is 0 Å². The zero-order valence-electron chi connectivity index (χ0n) is 6.95. The summed E-state index contributed by atoms with van der Waals surface area (Å²) in [5.41, 5.74) is 11.5. The molecule has 0 fully saturated rings. The summed E-state index contributed by atoms with van der Waals surface area (Å²) in [5.74, 6) is 0.0370. The van der Waals surface area contributed by atoms with Crippen molar-refractivity contribution in [2.24, 2.45) is 0 Å². The van der Waals surface area contributed by atoms with Crippen molar-refractivity contribution in [3.05, 3.63) is 18.2 Å². The van der Waals surface area contributed by atoms with Gasteiger partial charge in [-0.3, -0.25) is 9.11 Å². The maximum atomic E-state index is 8.90. The lowest BCUT2D eigenvalue weighted by atomic mass is 10.3. The van der Waals surface area contributed by atoms with Gasteiger partial charge in [0.1, 0.15) is 5.75 Å². The van der Waals surface area contributed by atoms with E-state index in [-0.39, 0.29) is 5.75 Å². The molecule has 0 aromatic heterocycles. The molecular formula is C6H10N2O5S. The van der Waals surface area contributed by atoms with Gasteiger partial charge in [-0.2, -0.15) is 8.42 Å². The first-order valence-corrected chi connectivity index (χ1v) is 4.63. The van der Waals surface area contributed by atoms with Gasteiger partial charge in [-0.1, -0.05) is 0 Å². The molecule has 7 nitrogen and oxygen atoms in total. The monoisotopic (exact) mass is 222 g/mol.